The van der Waals surface area contributed by atoms with Gasteiger partial charge in [-0.2, -0.15) is 0 Å². The molecular formula is C15H18ClN3O. The van der Waals surface area contributed by atoms with Crippen LogP contribution < -0.4 is 0 Å². The second-order valence-corrected chi connectivity index (χ2v) is 5.60. The maximum absolute atomic E-state index is 12.3. The fourth-order valence-corrected chi connectivity index (χ4v) is 2.58. The molecule has 3 rings (SSSR count). The molecule has 20 heavy (non-hydrogen) atoms. The highest BCUT2D eigenvalue weighted by atomic mass is 35.5. The number of fused-ring (bicyclic) bond motifs is 1. The van der Waals surface area contributed by atoms with E-state index in [1.54, 1.807) is 0 Å². The minimum absolute atomic E-state index is 0.207. The third-order valence-corrected chi connectivity index (χ3v) is 3.93. The molecule has 0 saturated heterocycles. The van der Waals surface area contributed by atoms with Gasteiger partial charge in [0.15, 0.2) is 0 Å². The summed E-state index contributed by atoms with van der Waals surface area (Å²) in [7, 11) is 0. The molecule has 5 heteroatoms. The average Bonchev–Trinajstić information content (AvgIpc) is 3.23. The molecule has 2 heterocycles. The van der Waals surface area contributed by atoms with Crippen LogP contribution in [0.4, 0.5) is 0 Å². The van der Waals surface area contributed by atoms with E-state index in [1.807, 2.05) is 39.9 Å². The lowest BCUT2D eigenvalue weighted by Crippen LogP contribution is -2.32. The van der Waals surface area contributed by atoms with Crippen molar-refractivity contribution in [2.75, 3.05) is 5.88 Å². The van der Waals surface area contributed by atoms with Crippen molar-refractivity contribution >= 4 is 23.2 Å². The molecule has 2 aromatic heterocycles. The quantitative estimate of drug-likeness (QED) is 0.768. The highest BCUT2D eigenvalue weighted by Gasteiger charge is 2.32. The second-order valence-electron chi connectivity index (χ2n) is 5.22. The summed E-state index contributed by atoms with van der Waals surface area (Å²) in [4.78, 5) is 18.6. The summed E-state index contributed by atoms with van der Waals surface area (Å²) in [5.74, 6) is 0.749. The molecule has 1 aliphatic carbocycles. The van der Waals surface area contributed by atoms with Crippen molar-refractivity contribution in [2.24, 2.45) is 0 Å². The SMILES string of the molecule is O=C(CCCCl)N(Cc1cnc2ccccn12)C1CC1. The number of hydrogen-bond donors (Lipinski definition) is 0. The van der Waals surface area contributed by atoms with Gasteiger partial charge in [-0.3, -0.25) is 4.79 Å². The predicted molar refractivity (Wildman–Crippen MR) is 78.7 cm³/mol. The molecule has 2 aromatic rings. The topological polar surface area (TPSA) is 37.6 Å². The zero-order chi connectivity index (χ0) is 13.9. The Morgan fingerprint density at radius 2 is 2.30 bits per heavy atom. The van der Waals surface area contributed by atoms with E-state index in [0.717, 1.165) is 30.6 Å². The van der Waals surface area contributed by atoms with Crippen LogP contribution in [-0.2, 0) is 11.3 Å². The van der Waals surface area contributed by atoms with Crippen LogP contribution in [0.5, 0.6) is 0 Å². The molecule has 0 radical (unpaired) electrons. The molecule has 1 aliphatic rings. The molecule has 4 nitrogen and oxygen atoms in total. The minimum atomic E-state index is 0.207. The van der Waals surface area contributed by atoms with E-state index in [2.05, 4.69) is 4.98 Å². The normalized spacial score (nSPS) is 14.7. The van der Waals surface area contributed by atoms with Gasteiger partial charge in [-0.05, 0) is 31.4 Å². The van der Waals surface area contributed by atoms with Crippen molar-refractivity contribution < 1.29 is 4.79 Å². The lowest BCUT2D eigenvalue weighted by atomic mass is 10.2. The number of carbonyl (C=O) groups is 1. The fraction of sp³-hybridized carbons (Fsp3) is 0.467. The van der Waals surface area contributed by atoms with E-state index in [0.29, 0.717) is 24.9 Å². The van der Waals surface area contributed by atoms with Gasteiger partial charge in [0.2, 0.25) is 5.91 Å². The smallest absolute Gasteiger partial charge is 0.223 e. The number of rotatable bonds is 6. The molecule has 0 aliphatic heterocycles. The molecule has 0 unspecified atom stereocenters. The molecule has 0 atom stereocenters. The first-order valence-electron chi connectivity index (χ1n) is 7.06. The van der Waals surface area contributed by atoms with Gasteiger partial charge in [0, 0.05) is 24.5 Å². The number of pyridine rings is 1. The van der Waals surface area contributed by atoms with Gasteiger partial charge < -0.3 is 9.30 Å². The summed E-state index contributed by atoms with van der Waals surface area (Å²) >= 11 is 5.68. The van der Waals surface area contributed by atoms with Crippen molar-refractivity contribution in [3.63, 3.8) is 0 Å². The zero-order valence-electron chi connectivity index (χ0n) is 11.3. The van der Waals surface area contributed by atoms with Crippen molar-refractivity contribution in [1.29, 1.82) is 0 Å². The number of imidazole rings is 1. The molecular weight excluding hydrogens is 274 g/mol. The Balaban J connectivity index is 1.77. The molecule has 1 fully saturated rings. The summed E-state index contributed by atoms with van der Waals surface area (Å²) in [5, 5.41) is 0. The molecule has 106 valence electrons. The van der Waals surface area contributed by atoms with Crippen molar-refractivity contribution in [2.45, 2.75) is 38.3 Å². The van der Waals surface area contributed by atoms with Crippen LogP contribution in [0.1, 0.15) is 31.4 Å². The molecule has 0 aromatic carbocycles. The third-order valence-electron chi connectivity index (χ3n) is 3.66. The predicted octanol–water partition coefficient (Wildman–Crippen LogP) is 2.84. The number of hydrogen-bond acceptors (Lipinski definition) is 2. The van der Waals surface area contributed by atoms with E-state index >= 15 is 0 Å². The van der Waals surface area contributed by atoms with Crippen LogP contribution in [0.25, 0.3) is 5.65 Å². The molecule has 1 amide bonds. The van der Waals surface area contributed by atoms with Crippen LogP contribution >= 0.6 is 11.6 Å². The summed E-state index contributed by atoms with van der Waals surface area (Å²) in [6.45, 7) is 0.636. The number of aromatic nitrogens is 2. The highest BCUT2D eigenvalue weighted by Crippen LogP contribution is 2.29. The van der Waals surface area contributed by atoms with Crippen molar-refractivity contribution in [1.82, 2.24) is 14.3 Å². The zero-order valence-corrected chi connectivity index (χ0v) is 12.1. The van der Waals surface area contributed by atoms with Gasteiger partial charge >= 0.3 is 0 Å². The first-order chi connectivity index (χ1) is 9.79. The first kappa shape index (κ1) is 13.4. The standard InChI is InChI=1S/C15H18ClN3O/c16-8-3-5-15(20)19(12-6-7-12)11-13-10-17-14-4-1-2-9-18(13)14/h1-2,4,9-10,12H,3,5-8,11H2. The van der Waals surface area contributed by atoms with Gasteiger partial charge in [-0.1, -0.05) is 6.07 Å². The van der Waals surface area contributed by atoms with Gasteiger partial charge in [-0.15, -0.1) is 11.6 Å². The first-order valence-corrected chi connectivity index (χ1v) is 7.59. The van der Waals surface area contributed by atoms with Crippen LogP contribution in [0, 0.1) is 0 Å². The van der Waals surface area contributed by atoms with Gasteiger partial charge in [-0.25, -0.2) is 4.98 Å². The molecule has 0 spiro atoms. The maximum Gasteiger partial charge on any atom is 0.223 e. The van der Waals surface area contributed by atoms with E-state index in [4.69, 9.17) is 11.6 Å². The van der Waals surface area contributed by atoms with E-state index in [1.165, 1.54) is 0 Å². The van der Waals surface area contributed by atoms with E-state index < -0.39 is 0 Å². The van der Waals surface area contributed by atoms with Crippen LogP contribution in [0.15, 0.2) is 30.6 Å². The summed E-state index contributed by atoms with van der Waals surface area (Å²) in [5.41, 5.74) is 1.98. The summed E-state index contributed by atoms with van der Waals surface area (Å²) < 4.78 is 2.05. The molecule has 0 N–H and O–H groups in total. The Kier molecular flexibility index (Phi) is 3.92. The Bertz CT molecular complexity index is 606. The molecule has 1 saturated carbocycles. The lowest BCUT2D eigenvalue weighted by molar-refractivity contribution is -0.132. The second kappa shape index (κ2) is 5.83. The maximum atomic E-state index is 12.3. The van der Waals surface area contributed by atoms with E-state index in [9.17, 15) is 4.79 Å². The Morgan fingerprint density at radius 3 is 3.05 bits per heavy atom. The Hall–Kier alpha value is -1.55. The third kappa shape index (κ3) is 2.80. The number of halogens is 1. The van der Waals surface area contributed by atoms with E-state index in [-0.39, 0.29) is 5.91 Å². The minimum Gasteiger partial charge on any atom is -0.334 e. The Labute approximate surface area is 123 Å². The van der Waals surface area contributed by atoms with Gasteiger partial charge in [0.05, 0.1) is 18.4 Å². The Morgan fingerprint density at radius 1 is 1.45 bits per heavy atom. The molecule has 0 bridgehead atoms. The van der Waals surface area contributed by atoms with Gasteiger partial charge in [0.25, 0.3) is 0 Å². The highest BCUT2D eigenvalue weighted by molar-refractivity contribution is 6.17. The average molecular weight is 292 g/mol. The lowest BCUT2D eigenvalue weighted by Gasteiger charge is -2.22. The number of alkyl halides is 1. The summed E-state index contributed by atoms with van der Waals surface area (Å²) in [6.07, 6.45) is 7.37. The fourth-order valence-electron chi connectivity index (χ4n) is 2.45. The van der Waals surface area contributed by atoms with Gasteiger partial charge in [0.1, 0.15) is 5.65 Å². The monoisotopic (exact) mass is 291 g/mol. The number of amides is 1. The largest absolute Gasteiger partial charge is 0.334 e. The number of carbonyl (C=O) groups excluding carboxylic acids is 1. The van der Waals surface area contributed by atoms with Crippen LogP contribution in [0.3, 0.4) is 0 Å². The van der Waals surface area contributed by atoms with Crippen LogP contribution in [0.2, 0.25) is 0 Å². The van der Waals surface area contributed by atoms with Crippen LogP contribution in [-0.4, -0.2) is 32.1 Å². The summed E-state index contributed by atoms with van der Waals surface area (Å²) in [6, 6.07) is 6.33. The van der Waals surface area contributed by atoms with Crippen molar-refractivity contribution in [3.8, 4) is 0 Å². The number of nitrogens with zero attached hydrogens (tertiary/aromatic N) is 3. The van der Waals surface area contributed by atoms with Crippen molar-refractivity contribution in [3.05, 3.63) is 36.3 Å².